The van der Waals surface area contributed by atoms with Crippen LogP contribution in [0.1, 0.15) is 38.3 Å². The van der Waals surface area contributed by atoms with Crippen LogP contribution in [0.15, 0.2) is 18.3 Å². The molecule has 0 aliphatic heterocycles. The first-order chi connectivity index (χ1) is 9.15. The molecule has 2 unspecified atom stereocenters. The van der Waals surface area contributed by atoms with E-state index in [0.29, 0.717) is 18.0 Å². The van der Waals surface area contributed by atoms with Crippen molar-refractivity contribution in [1.82, 2.24) is 10.3 Å². The first kappa shape index (κ1) is 13.8. The number of hydrogen-bond donors (Lipinski definition) is 2. The van der Waals surface area contributed by atoms with Gasteiger partial charge in [0.2, 0.25) is 5.91 Å². The van der Waals surface area contributed by atoms with Gasteiger partial charge in [0.1, 0.15) is 0 Å². The van der Waals surface area contributed by atoms with Crippen LogP contribution in [-0.4, -0.2) is 17.4 Å². The van der Waals surface area contributed by atoms with Gasteiger partial charge in [-0.2, -0.15) is 0 Å². The zero-order chi connectivity index (χ0) is 13.7. The fourth-order valence-electron chi connectivity index (χ4n) is 2.71. The number of hydrogen-bond acceptors (Lipinski definition) is 3. The summed E-state index contributed by atoms with van der Waals surface area (Å²) in [5, 5.41) is 3.04. The lowest BCUT2D eigenvalue weighted by Gasteiger charge is -2.28. The van der Waals surface area contributed by atoms with Crippen molar-refractivity contribution in [2.24, 2.45) is 11.8 Å². The van der Waals surface area contributed by atoms with Crippen LogP contribution in [0.25, 0.3) is 0 Å². The van der Waals surface area contributed by atoms with Crippen molar-refractivity contribution in [2.75, 3.05) is 12.3 Å². The predicted molar refractivity (Wildman–Crippen MR) is 76.5 cm³/mol. The third-order valence-electron chi connectivity index (χ3n) is 4.04. The van der Waals surface area contributed by atoms with Crippen LogP contribution < -0.4 is 11.1 Å². The second kappa shape index (κ2) is 6.55. The Morgan fingerprint density at radius 2 is 2.21 bits per heavy atom. The molecule has 1 saturated carbocycles. The number of carbonyl (C=O) groups is 1. The van der Waals surface area contributed by atoms with Crippen LogP contribution in [0.5, 0.6) is 0 Å². The highest BCUT2D eigenvalue weighted by Gasteiger charge is 2.21. The molecule has 104 valence electrons. The molecule has 0 spiro atoms. The van der Waals surface area contributed by atoms with Crippen LogP contribution >= 0.6 is 0 Å². The average Bonchev–Trinajstić information content (AvgIpc) is 2.40. The molecular formula is C15H23N3O. The summed E-state index contributed by atoms with van der Waals surface area (Å²) in [5.41, 5.74) is 6.96. The van der Waals surface area contributed by atoms with Crippen LogP contribution in [0, 0.1) is 11.8 Å². The third kappa shape index (κ3) is 4.23. The number of aromatic nitrogens is 1. The number of nitrogens with one attached hydrogen (secondary N) is 1. The van der Waals surface area contributed by atoms with Crippen molar-refractivity contribution >= 4 is 11.6 Å². The summed E-state index contributed by atoms with van der Waals surface area (Å²) in [6.07, 6.45) is 7.08. The van der Waals surface area contributed by atoms with Gasteiger partial charge in [-0.1, -0.05) is 26.2 Å². The zero-order valence-corrected chi connectivity index (χ0v) is 11.6. The summed E-state index contributed by atoms with van der Waals surface area (Å²) >= 11 is 0. The number of carbonyl (C=O) groups excluding carboxylic acids is 1. The van der Waals surface area contributed by atoms with Gasteiger partial charge < -0.3 is 11.1 Å². The molecule has 0 aromatic carbocycles. The number of anilines is 1. The average molecular weight is 261 g/mol. The first-order valence-electron chi connectivity index (χ1n) is 7.12. The van der Waals surface area contributed by atoms with Gasteiger partial charge in [-0.25, -0.2) is 0 Å². The van der Waals surface area contributed by atoms with Crippen molar-refractivity contribution in [3.05, 3.63) is 24.0 Å². The van der Waals surface area contributed by atoms with E-state index < -0.39 is 0 Å². The van der Waals surface area contributed by atoms with Gasteiger partial charge in [0, 0.05) is 12.2 Å². The molecular weight excluding hydrogens is 238 g/mol. The molecule has 1 aromatic heterocycles. The van der Waals surface area contributed by atoms with Gasteiger partial charge in [-0.05, 0) is 30.4 Å². The summed E-state index contributed by atoms with van der Waals surface area (Å²) in [7, 11) is 0. The maximum atomic E-state index is 11.9. The molecule has 19 heavy (non-hydrogen) atoms. The number of rotatable bonds is 4. The lowest BCUT2D eigenvalue weighted by atomic mass is 9.80. The Morgan fingerprint density at radius 1 is 1.42 bits per heavy atom. The molecule has 1 heterocycles. The smallest absolute Gasteiger partial charge is 0.226 e. The van der Waals surface area contributed by atoms with E-state index in [-0.39, 0.29) is 5.91 Å². The molecule has 1 amide bonds. The van der Waals surface area contributed by atoms with Crippen LogP contribution in [-0.2, 0) is 11.2 Å². The second-order valence-electron chi connectivity index (χ2n) is 5.59. The Morgan fingerprint density at radius 3 is 2.89 bits per heavy atom. The summed E-state index contributed by atoms with van der Waals surface area (Å²) in [5.74, 6) is 1.41. The minimum Gasteiger partial charge on any atom is -0.397 e. The van der Waals surface area contributed by atoms with Gasteiger partial charge in [0.25, 0.3) is 0 Å². The number of amides is 1. The molecule has 1 aromatic rings. The van der Waals surface area contributed by atoms with Gasteiger partial charge in [-0.15, -0.1) is 0 Å². The highest BCUT2D eigenvalue weighted by molar-refractivity contribution is 5.78. The molecule has 1 aliphatic carbocycles. The normalized spacial score (nSPS) is 23.0. The molecule has 0 bridgehead atoms. The second-order valence-corrected chi connectivity index (χ2v) is 5.59. The quantitative estimate of drug-likeness (QED) is 0.872. The SMILES string of the molecule is CC1CCCCC1CNC(=O)Cc1ccc(N)cn1. The highest BCUT2D eigenvalue weighted by Crippen LogP contribution is 2.28. The lowest BCUT2D eigenvalue weighted by molar-refractivity contribution is -0.120. The molecule has 1 fully saturated rings. The Labute approximate surface area is 114 Å². The Bertz CT molecular complexity index is 416. The van der Waals surface area contributed by atoms with Crippen molar-refractivity contribution in [3.8, 4) is 0 Å². The van der Waals surface area contributed by atoms with E-state index in [2.05, 4.69) is 17.2 Å². The fraction of sp³-hybridized carbons (Fsp3) is 0.600. The molecule has 0 saturated heterocycles. The Hall–Kier alpha value is -1.58. The summed E-state index contributed by atoms with van der Waals surface area (Å²) in [6.45, 7) is 3.09. The highest BCUT2D eigenvalue weighted by atomic mass is 16.1. The number of nitrogen functional groups attached to an aromatic ring is 1. The van der Waals surface area contributed by atoms with Crippen molar-refractivity contribution in [3.63, 3.8) is 0 Å². The van der Waals surface area contributed by atoms with Crippen LogP contribution in [0.4, 0.5) is 5.69 Å². The van der Waals surface area contributed by atoms with E-state index in [9.17, 15) is 4.79 Å². The van der Waals surface area contributed by atoms with Gasteiger partial charge in [0.05, 0.1) is 18.3 Å². The van der Waals surface area contributed by atoms with Gasteiger partial charge in [-0.3, -0.25) is 9.78 Å². The molecule has 0 radical (unpaired) electrons. The topological polar surface area (TPSA) is 68.0 Å². The molecule has 4 heteroatoms. The molecule has 4 nitrogen and oxygen atoms in total. The predicted octanol–water partition coefficient (Wildman–Crippen LogP) is 2.15. The first-order valence-corrected chi connectivity index (χ1v) is 7.12. The van der Waals surface area contributed by atoms with Crippen molar-refractivity contribution in [2.45, 2.75) is 39.0 Å². The number of nitrogens with zero attached hydrogens (tertiary/aromatic N) is 1. The number of pyridine rings is 1. The maximum absolute atomic E-state index is 11.9. The largest absolute Gasteiger partial charge is 0.397 e. The summed E-state index contributed by atoms with van der Waals surface area (Å²) < 4.78 is 0. The minimum atomic E-state index is 0.0510. The summed E-state index contributed by atoms with van der Waals surface area (Å²) in [6, 6.07) is 3.58. The van der Waals surface area contributed by atoms with E-state index in [0.717, 1.165) is 18.2 Å². The minimum absolute atomic E-state index is 0.0510. The Balaban J connectivity index is 1.76. The summed E-state index contributed by atoms with van der Waals surface area (Å²) in [4.78, 5) is 16.0. The van der Waals surface area contributed by atoms with Crippen molar-refractivity contribution < 1.29 is 4.79 Å². The fourth-order valence-corrected chi connectivity index (χ4v) is 2.71. The van der Waals surface area contributed by atoms with E-state index in [1.54, 1.807) is 18.3 Å². The van der Waals surface area contributed by atoms with E-state index >= 15 is 0 Å². The molecule has 2 rings (SSSR count). The van der Waals surface area contributed by atoms with Crippen LogP contribution in [0.2, 0.25) is 0 Å². The van der Waals surface area contributed by atoms with E-state index in [1.807, 2.05) is 0 Å². The van der Waals surface area contributed by atoms with Gasteiger partial charge >= 0.3 is 0 Å². The van der Waals surface area contributed by atoms with Crippen molar-refractivity contribution in [1.29, 1.82) is 0 Å². The van der Waals surface area contributed by atoms with E-state index in [4.69, 9.17) is 5.73 Å². The van der Waals surface area contributed by atoms with Gasteiger partial charge in [0.15, 0.2) is 0 Å². The number of nitrogens with two attached hydrogens (primary N) is 1. The van der Waals surface area contributed by atoms with Crippen LogP contribution in [0.3, 0.4) is 0 Å². The third-order valence-corrected chi connectivity index (χ3v) is 4.04. The van der Waals surface area contributed by atoms with E-state index in [1.165, 1.54) is 25.7 Å². The maximum Gasteiger partial charge on any atom is 0.226 e. The molecule has 1 aliphatic rings. The molecule has 3 N–H and O–H groups in total. The monoisotopic (exact) mass is 261 g/mol. The lowest BCUT2D eigenvalue weighted by Crippen LogP contribution is -2.34. The zero-order valence-electron chi connectivity index (χ0n) is 11.6. The molecule has 2 atom stereocenters. The standard InChI is InChI=1S/C15H23N3O/c1-11-4-2-3-5-12(11)9-18-15(19)8-14-7-6-13(16)10-17-14/h6-7,10-12H,2-5,8-9,16H2,1H3,(H,18,19). The Kier molecular flexibility index (Phi) is 4.77.